The van der Waals surface area contributed by atoms with Crippen molar-refractivity contribution in [2.45, 2.75) is 46.6 Å². The fourth-order valence-corrected chi connectivity index (χ4v) is 1.10. The van der Waals surface area contributed by atoms with Crippen LogP contribution in [0.1, 0.15) is 41.0 Å². The van der Waals surface area contributed by atoms with Crippen LogP contribution >= 0.6 is 0 Å². The minimum atomic E-state index is -0.913. The summed E-state index contributed by atoms with van der Waals surface area (Å²) in [6.45, 7) is 7.03. The van der Waals surface area contributed by atoms with Gasteiger partial charge in [0.05, 0.1) is 13.0 Å². The van der Waals surface area contributed by atoms with E-state index >= 15 is 0 Å². The van der Waals surface area contributed by atoms with Gasteiger partial charge in [0.25, 0.3) is 0 Å². The highest BCUT2D eigenvalue weighted by Crippen LogP contribution is 2.11. The third kappa shape index (κ3) is 6.78. The fraction of sp³-hybridized carbons (Fsp3) is 0.667. The normalized spacial score (nSPS) is 10.7. The van der Waals surface area contributed by atoms with Crippen molar-refractivity contribution in [2.24, 2.45) is 0 Å². The molecule has 0 spiro atoms. The highest BCUT2D eigenvalue weighted by Gasteiger charge is 2.28. The minimum Gasteiger partial charge on any atom is -0.443 e. The predicted molar refractivity (Wildman–Crippen MR) is 63.9 cm³/mol. The summed E-state index contributed by atoms with van der Waals surface area (Å²) in [4.78, 5) is 46.0. The second-order valence-corrected chi connectivity index (χ2v) is 5.04. The maximum atomic E-state index is 11.7. The number of nitrogens with zero attached hydrogens (tertiary/aromatic N) is 1. The molecule has 6 nitrogen and oxygen atoms in total. The molecule has 0 fully saturated rings. The van der Waals surface area contributed by atoms with Crippen molar-refractivity contribution in [3.05, 3.63) is 0 Å². The first-order chi connectivity index (χ1) is 8.03. The number of ketones is 2. The topological polar surface area (TPSA) is 80.8 Å². The average Bonchev–Trinajstić information content (AvgIpc) is 2.09. The van der Waals surface area contributed by atoms with Crippen LogP contribution in [0.25, 0.3) is 0 Å². The Morgan fingerprint density at radius 2 is 1.50 bits per heavy atom. The third-order valence-corrected chi connectivity index (χ3v) is 1.70. The maximum absolute atomic E-state index is 11.7. The fourth-order valence-electron chi connectivity index (χ4n) is 1.10. The van der Waals surface area contributed by atoms with Crippen LogP contribution in [0.5, 0.6) is 0 Å². The number of ether oxygens (including phenoxy) is 1. The molecule has 18 heavy (non-hydrogen) atoms. The summed E-state index contributed by atoms with van der Waals surface area (Å²) in [6, 6.07) is 0. The molecule has 0 aliphatic heterocycles. The van der Waals surface area contributed by atoms with Gasteiger partial charge in [0.1, 0.15) is 17.2 Å². The lowest BCUT2D eigenvalue weighted by atomic mass is 10.2. The summed E-state index contributed by atoms with van der Waals surface area (Å²) in [5, 5.41) is 0. The minimum absolute atomic E-state index is 0.363. The average molecular weight is 257 g/mol. The first kappa shape index (κ1) is 16.3. The van der Waals surface area contributed by atoms with Gasteiger partial charge in [-0.05, 0) is 34.6 Å². The Bertz CT molecular complexity index is 367. The van der Waals surface area contributed by atoms with Crippen LogP contribution in [0.2, 0.25) is 0 Å². The van der Waals surface area contributed by atoms with Crippen molar-refractivity contribution in [3.8, 4) is 0 Å². The zero-order chi connectivity index (χ0) is 14.5. The molecule has 0 N–H and O–H groups in total. The summed E-state index contributed by atoms with van der Waals surface area (Å²) < 4.78 is 5.01. The molecule has 0 heterocycles. The van der Waals surface area contributed by atoms with Gasteiger partial charge in [-0.15, -0.1) is 0 Å². The molecule has 0 aromatic heterocycles. The molecule has 0 bridgehead atoms. The maximum Gasteiger partial charge on any atom is 0.417 e. The molecular weight excluding hydrogens is 238 g/mol. The smallest absolute Gasteiger partial charge is 0.417 e. The Labute approximate surface area is 106 Å². The van der Waals surface area contributed by atoms with Crippen molar-refractivity contribution < 1.29 is 23.9 Å². The van der Waals surface area contributed by atoms with E-state index in [9.17, 15) is 19.2 Å². The Kier molecular flexibility index (Phi) is 5.68. The number of imide groups is 1. The number of hydrogen-bond donors (Lipinski definition) is 0. The molecule has 0 atom stereocenters. The van der Waals surface area contributed by atoms with Crippen LogP contribution in [0.4, 0.5) is 4.79 Å². The third-order valence-electron chi connectivity index (χ3n) is 1.70. The molecule has 0 aliphatic rings. The molecule has 102 valence electrons. The second-order valence-electron chi connectivity index (χ2n) is 5.04. The monoisotopic (exact) mass is 257 g/mol. The Morgan fingerprint density at radius 3 is 1.83 bits per heavy atom. The van der Waals surface area contributed by atoms with E-state index in [0.29, 0.717) is 4.90 Å². The number of rotatable bonds is 4. The van der Waals surface area contributed by atoms with E-state index in [1.165, 1.54) is 13.8 Å². The second kappa shape index (κ2) is 6.28. The van der Waals surface area contributed by atoms with Gasteiger partial charge in [0.2, 0.25) is 5.91 Å². The van der Waals surface area contributed by atoms with Gasteiger partial charge in [-0.25, -0.2) is 9.69 Å². The summed E-state index contributed by atoms with van der Waals surface area (Å²) in [5.41, 5.74) is -0.775. The number of carbonyl (C=O) groups is 4. The van der Waals surface area contributed by atoms with E-state index in [-0.39, 0.29) is 18.1 Å². The Hall–Kier alpha value is -1.72. The van der Waals surface area contributed by atoms with E-state index in [1.54, 1.807) is 20.8 Å². The van der Waals surface area contributed by atoms with Gasteiger partial charge in [0, 0.05) is 0 Å². The van der Waals surface area contributed by atoms with Gasteiger partial charge >= 0.3 is 6.09 Å². The van der Waals surface area contributed by atoms with E-state index < -0.39 is 24.0 Å². The van der Waals surface area contributed by atoms with Crippen molar-refractivity contribution >= 4 is 23.6 Å². The van der Waals surface area contributed by atoms with Crippen LogP contribution in [-0.4, -0.2) is 40.6 Å². The van der Waals surface area contributed by atoms with E-state index in [1.807, 2.05) is 0 Å². The van der Waals surface area contributed by atoms with Crippen LogP contribution in [0.3, 0.4) is 0 Å². The molecule has 0 saturated carbocycles. The molecule has 0 aliphatic carbocycles. The number of Topliss-reactive ketones (excluding diaryl/α,β-unsaturated/α-hetero) is 2. The summed E-state index contributed by atoms with van der Waals surface area (Å²) in [6.07, 6.45) is -1.34. The SMILES string of the molecule is CC(=O)CC(=O)N(CC(C)=O)C(=O)OC(C)(C)C. The molecule has 0 rings (SSSR count). The molecule has 6 heteroatoms. The van der Waals surface area contributed by atoms with Gasteiger partial charge in [-0.3, -0.25) is 14.4 Å². The first-order valence-corrected chi connectivity index (χ1v) is 5.55. The summed E-state index contributed by atoms with van der Waals surface area (Å²) in [5.74, 6) is -1.47. The van der Waals surface area contributed by atoms with Crippen LogP contribution in [-0.2, 0) is 19.1 Å². The first-order valence-electron chi connectivity index (χ1n) is 5.55. The Balaban J connectivity index is 4.88. The molecule has 0 unspecified atom stereocenters. The highest BCUT2D eigenvalue weighted by molar-refractivity contribution is 6.04. The summed E-state index contributed by atoms with van der Waals surface area (Å²) >= 11 is 0. The molecule has 0 radical (unpaired) electrons. The van der Waals surface area contributed by atoms with Gasteiger partial charge in [-0.1, -0.05) is 0 Å². The standard InChI is InChI=1S/C12H19NO5/c1-8(14)6-10(16)13(7-9(2)15)11(17)18-12(3,4)5/h6-7H2,1-5H3. The zero-order valence-electron chi connectivity index (χ0n) is 11.4. The van der Waals surface area contributed by atoms with Gasteiger partial charge in [0.15, 0.2) is 0 Å². The van der Waals surface area contributed by atoms with Crippen molar-refractivity contribution in [1.82, 2.24) is 4.90 Å². The van der Waals surface area contributed by atoms with Gasteiger partial charge < -0.3 is 4.74 Å². The predicted octanol–water partition coefficient (Wildman–Crippen LogP) is 1.32. The van der Waals surface area contributed by atoms with Gasteiger partial charge in [-0.2, -0.15) is 0 Å². The lowest BCUT2D eigenvalue weighted by molar-refractivity contribution is -0.136. The van der Waals surface area contributed by atoms with Crippen molar-refractivity contribution in [3.63, 3.8) is 0 Å². The largest absolute Gasteiger partial charge is 0.443 e. The lowest BCUT2D eigenvalue weighted by Crippen LogP contribution is -2.43. The highest BCUT2D eigenvalue weighted by atomic mass is 16.6. The molecule has 0 aromatic carbocycles. The van der Waals surface area contributed by atoms with Crippen LogP contribution in [0, 0.1) is 0 Å². The van der Waals surface area contributed by atoms with E-state index in [0.717, 1.165) is 0 Å². The number of amides is 2. The van der Waals surface area contributed by atoms with Crippen LogP contribution < -0.4 is 0 Å². The lowest BCUT2D eigenvalue weighted by Gasteiger charge is -2.25. The van der Waals surface area contributed by atoms with Crippen LogP contribution in [0.15, 0.2) is 0 Å². The molecule has 0 aromatic rings. The Morgan fingerprint density at radius 1 is 1.00 bits per heavy atom. The molecule has 2 amide bonds. The number of hydrogen-bond acceptors (Lipinski definition) is 5. The molecular formula is C12H19NO5. The molecule has 0 saturated heterocycles. The quantitative estimate of drug-likeness (QED) is 0.709. The van der Waals surface area contributed by atoms with Crippen molar-refractivity contribution in [2.75, 3.05) is 6.54 Å². The zero-order valence-corrected chi connectivity index (χ0v) is 11.4. The van der Waals surface area contributed by atoms with E-state index in [4.69, 9.17) is 4.74 Å². The number of carbonyl (C=O) groups excluding carboxylic acids is 4. The summed E-state index contributed by atoms with van der Waals surface area (Å²) in [7, 11) is 0. The van der Waals surface area contributed by atoms with E-state index in [2.05, 4.69) is 0 Å². The van der Waals surface area contributed by atoms with Crippen molar-refractivity contribution in [1.29, 1.82) is 0 Å².